The van der Waals surface area contributed by atoms with E-state index in [1.165, 1.54) is 33.4 Å². The van der Waals surface area contributed by atoms with Gasteiger partial charge in [0.25, 0.3) is 0 Å². The van der Waals surface area contributed by atoms with E-state index in [-0.39, 0.29) is 30.2 Å². The Balaban J connectivity index is 0.00000181. The Morgan fingerprint density at radius 3 is 1.97 bits per heavy atom. The van der Waals surface area contributed by atoms with Gasteiger partial charge in [0.1, 0.15) is 0 Å². The monoisotopic (exact) mass is 500 g/mol. The average molecular weight is 501 g/mol. The molecule has 1 aromatic rings. The van der Waals surface area contributed by atoms with Gasteiger partial charge in [-0.2, -0.15) is 0 Å². The zero-order valence-corrected chi connectivity index (χ0v) is 23.1. The van der Waals surface area contributed by atoms with E-state index in [4.69, 9.17) is 0 Å². The van der Waals surface area contributed by atoms with E-state index < -0.39 is 17.4 Å². The standard InChI is InChI=1S/C17H13.C9H13.C3H6.2ClH.Ti/c1-13-11-15-9-5-6-10-16(17(15)12-13)14-7-3-2-4-8-14;1-9(2,3)8-6-4-5-7-8;1-3-2;;;/h2-10,12H,1H3;6-7H,4H2,1-3H3;1-2H3;2*1H;. The summed E-state index contributed by atoms with van der Waals surface area (Å²) in [5, 5.41) is 0. The molecule has 0 saturated heterocycles. The largest absolute Gasteiger partial charge is 0.147 e. The summed E-state index contributed by atoms with van der Waals surface area (Å²) in [6, 6.07) is 22.3. The Bertz CT molecular complexity index is 1160. The van der Waals surface area contributed by atoms with Crippen LogP contribution < -0.4 is 3.87 Å². The predicted molar refractivity (Wildman–Crippen MR) is 144 cm³/mol. The zero-order valence-electron chi connectivity index (χ0n) is 20.0. The second kappa shape index (κ2) is 10.7. The van der Waals surface area contributed by atoms with Crippen LogP contribution >= 0.6 is 24.8 Å². The Hall–Kier alpha value is -1.44. The van der Waals surface area contributed by atoms with E-state index in [0.29, 0.717) is 0 Å². The summed E-state index contributed by atoms with van der Waals surface area (Å²) in [7, 11) is 0. The molecule has 3 aliphatic carbocycles. The maximum atomic E-state index is 2.54. The van der Waals surface area contributed by atoms with Crippen LogP contribution in [-0.2, 0) is 17.4 Å². The van der Waals surface area contributed by atoms with Crippen molar-refractivity contribution in [3.05, 3.63) is 87.8 Å². The van der Waals surface area contributed by atoms with E-state index >= 15 is 0 Å². The van der Waals surface area contributed by atoms with Crippen LogP contribution in [0.5, 0.6) is 0 Å². The van der Waals surface area contributed by atoms with Crippen LogP contribution in [-0.4, -0.2) is 3.81 Å². The van der Waals surface area contributed by atoms with Gasteiger partial charge in [-0.05, 0) is 0 Å². The number of aryl methyl sites for hydroxylation is 1. The molecular weight excluding hydrogens is 467 g/mol. The molecule has 32 heavy (non-hydrogen) atoms. The minimum absolute atomic E-state index is 0. The maximum Gasteiger partial charge on any atom is -0.147 e. The fourth-order valence-electron chi connectivity index (χ4n) is 4.66. The first kappa shape index (κ1) is 26.8. The van der Waals surface area contributed by atoms with Crippen molar-refractivity contribution in [2.75, 3.05) is 0 Å². The van der Waals surface area contributed by atoms with E-state index in [1.54, 1.807) is 11.6 Å². The first-order valence-corrected chi connectivity index (χ1v) is 13.3. The summed E-state index contributed by atoms with van der Waals surface area (Å²) in [4.78, 5) is 0. The molecule has 1 aromatic carbocycles. The minimum atomic E-state index is -1.74. The number of hydrogen-bond acceptors (Lipinski definition) is 0. The second-order valence-electron chi connectivity index (χ2n) is 9.69. The molecule has 0 aliphatic heterocycles. The van der Waals surface area contributed by atoms with Gasteiger partial charge < -0.3 is 0 Å². The molecule has 0 saturated carbocycles. The van der Waals surface area contributed by atoms with Crippen molar-refractivity contribution >= 4 is 32.5 Å². The Morgan fingerprint density at radius 2 is 1.41 bits per heavy atom. The molecule has 0 heterocycles. The zero-order chi connectivity index (χ0) is 21.5. The Labute approximate surface area is 212 Å². The molecular formula is C29H34Cl2Ti. The quantitative estimate of drug-likeness (QED) is 0.317. The molecule has 0 amide bonds. The van der Waals surface area contributed by atoms with Crippen LogP contribution in [0.1, 0.15) is 46.6 Å². The van der Waals surface area contributed by atoms with Crippen LogP contribution in [0.4, 0.5) is 0 Å². The molecule has 0 spiro atoms. The molecule has 0 unspecified atom stereocenters. The number of fused-ring (bicyclic) bond motifs is 1. The number of hydrogen-bond donors (Lipinski definition) is 0. The van der Waals surface area contributed by atoms with Crippen molar-refractivity contribution in [1.29, 1.82) is 0 Å². The third kappa shape index (κ3) is 5.21. The van der Waals surface area contributed by atoms with Gasteiger partial charge in [-0.1, -0.05) is 0 Å². The summed E-state index contributed by atoms with van der Waals surface area (Å²) in [5.74, 6) is 0. The van der Waals surface area contributed by atoms with Crippen molar-refractivity contribution in [1.82, 2.24) is 0 Å². The fraction of sp³-hybridized carbons (Fsp3) is 0.276. The molecule has 0 aromatic heterocycles. The summed E-state index contributed by atoms with van der Waals surface area (Å²) < 4.78 is 4.98. The summed E-state index contributed by atoms with van der Waals surface area (Å²) in [6.07, 6.45) is 6.15. The topological polar surface area (TPSA) is 0 Å². The molecule has 0 nitrogen and oxygen atoms in total. The van der Waals surface area contributed by atoms with Crippen LogP contribution in [0.15, 0.2) is 82.3 Å². The molecule has 3 aliphatic rings. The van der Waals surface area contributed by atoms with Crippen molar-refractivity contribution in [2.24, 2.45) is 5.41 Å². The molecule has 0 atom stereocenters. The summed E-state index contributed by atoms with van der Waals surface area (Å²) >= 11 is -1.74. The molecule has 0 bridgehead atoms. The number of allylic oxidation sites excluding steroid dienone is 4. The van der Waals surface area contributed by atoms with Gasteiger partial charge in [0.05, 0.1) is 0 Å². The molecule has 0 fully saturated rings. The van der Waals surface area contributed by atoms with E-state index in [9.17, 15) is 0 Å². The third-order valence-electron chi connectivity index (χ3n) is 6.14. The SMILES string of the molecule is C[C](C)=[Ti]([C]1=CC(C(C)(C)C)=CC1)[c]1c(C)cc2c(-c3ccccc3)ccccc1-2.Cl.Cl. The molecule has 0 radical (unpaired) electrons. The van der Waals surface area contributed by atoms with Gasteiger partial charge in [0.15, 0.2) is 0 Å². The third-order valence-corrected chi connectivity index (χ3v) is 11.1. The van der Waals surface area contributed by atoms with Crippen LogP contribution in [0.25, 0.3) is 22.3 Å². The van der Waals surface area contributed by atoms with E-state index in [1.807, 2.05) is 0 Å². The summed E-state index contributed by atoms with van der Waals surface area (Å²) in [6.45, 7) is 14.0. The summed E-state index contributed by atoms with van der Waals surface area (Å²) in [5.41, 5.74) is 8.69. The van der Waals surface area contributed by atoms with Crippen molar-refractivity contribution in [3.63, 3.8) is 0 Å². The van der Waals surface area contributed by atoms with Gasteiger partial charge >= 0.3 is 189 Å². The maximum absolute atomic E-state index is 2.54. The van der Waals surface area contributed by atoms with Crippen LogP contribution in [0, 0.1) is 12.3 Å². The molecule has 168 valence electrons. The first-order chi connectivity index (χ1) is 14.3. The van der Waals surface area contributed by atoms with Crippen molar-refractivity contribution in [3.8, 4) is 22.3 Å². The molecule has 3 heteroatoms. The van der Waals surface area contributed by atoms with E-state index in [2.05, 4.69) is 114 Å². The Kier molecular flexibility index (Phi) is 8.93. The average Bonchev–Trinajstić information content (AvgIpc) is 3.23. The number of benzene rings is 1. The van der Waals surface area contributed by atoms with E-state index in [0.717, 1.165) is 6.42 Å². The van der Waals surface area contributed by atoms with Crippen molar-refractivity contribution < 1.29 is 17.4 Å². The van der Waals surface area contributed by atoms with Gasteiger partial charge in [-0.15, -0.1) is 24.8 Å². The minimum Gasteiger partial charge on any atom is -0.147 e. The van der Waals surface area contributed by atoms with Crippen LogP contribution in [0.2, 0.25) is 0 Å². The number of rotatable bonds is 3. The van der Waals surface area contributed by atoms with Gasteiger partial charge in [-0.25, -0.2) is 0 Å². The van der Waals surface area contributed by atoms with Gasteiger partial charge in [-0.3, -0.25) is 0 Å². The van der Waals surface area contributed by atoms with Gasteiger partial charge in [0, 0.05) is 0 Å². The smallest absolute Gasteiger partial charge is 0.147 e. The number of halogens is 2. The second-order valence-corrected chi connectivity index (χ2v) is 14.2. The molecule has 0 N–H and O–H groups in total. The first-order valence-electron chi connectivity index (χ1n) is 10.9. The van der Waals surface area contributed by atoms with Crippen LogP contribution in [0.3, 0.4) is 0 Å². The predicted octanol–water partition coefficient (Wildman–Crippen LogP) is 8.33. The van der Waals surface area contributed by atoms with Gasteiger partial charge in [0.2, 0.25) is 0 Å². The van der Waals surface area contributed by atoms with Crippen molar-refractivity contribution in [2.45, 2.75) is 48.0 Å². The molecule has 4 rings (SSSR count). The normalized spacial score (nSPS) is 13.1. The fourth-order valence-corrected chi connectivity index (χ4v) is 9.38. The Morgan fingerprint density at radius 1 is 0.812 bits per heavy atom.